The van der Waals surface area contributed by atoms with Crippen LogP contribution in [0.25, 0.3) is 5.76 Å². The van der Waals surface area contributed by atoms with Crippen LogP contribution in [-0.4, -0.2) is 67.5 Å². The number of ether oxygens (including phenoxy) is 2. The highest BCUT2D eigenvalue weighted by Crippen LogP contribution is 2.40. The van der Waals surface area contributed by atoms with Crippen molar-refractivity contribution in [1.82, 2.24) is 9.80 Å². The van der Waals surface area contributed by atoms with Crippen LogP contribution in [-0.2, 0) is 9.59 Å². The highest BCUT2D eigenvalue weighted by atomic mass is 16.5. The summed E-state index contributed by atoms with van der Waals surface area (Å²) in [6, 6.07) is 13.5. The smallest absolute Gasteiger partial charge is 0.295 e. The molecule has 1 atom stereocenters. The number of amides is 1. The zero-order valence-electron chi connectivity index (χ0n) is 19.7. The molecule has 2 aromatic carbocycles. The first-order valence-electron chi connectivity index (χ1n) is 11.2. The molecule has 176 valence electrons. The molecule has 7 nitrogen and oxygen atoms in total. The van der Waals surface area contributed by atoms with Gasteiger partial charge in [0.05, 0.1) is 25.3 Å². The quantitative estimate of drug-likeness (QED) is 0.255. The van der Waals surface area contributed by atoms with Crippen LogP contribution >= 0.6 is 0 Å². The van der Waals surface area contributed by atoms with Crippen LogP contribution in [0.15, 0.2) is 54.1 Å². The molecule has 3 rings (SSSR count). The first-order chi connectivity index (χ1) is 15.9. The molecule has 0 aromatic heterocycles. The largest absolute Gasteiger partial charge is 0.507 e. The molecule has 1 aliphatic rings. The van der Waals surface area contributed by atoms with Crippen LogP contribution in [0.4, 0.5) is 0 Å². The van der Waals surface area contributed by atoms with Crippen LogP contribution in [0.5, 0.6) is 11.5 Å². The maximum atomic E-state index is 13.1. The van der Waals surface area contributed by atoms with E-state index >= 15 is 0 Å². The number of rotatable bonds is 10. The molecule has 0 radical (unpaired) electrons. The number of unbranched alkanes of at least 4 members (excludes halogenated alkanes) is 1. The van der Waals surface area contributed by atoms with E-state index in [2.05, 4.69) is 6.92 Å². The molecule has 0 saturated carbocycles. The highest BCUT2D eigenvalue weighted by Gasteiger charge is 2.46. The number of likely N-dealkylation sites (N-methyl/N-ethyl adjacent to an activating group) is 1. The summed E-state index contributed by atoms with van der Waals surface area (Å²) in [4.78, 5) is 29.6. The topological polar surface area (TPSA) is 79.3 Å². The normalized spacial score (nSPS) is 17.6. The van der Waals surface area contributed by atoms with Gasteiger partial charge in [-0.1, -0.05) is 37.6 Å². The molecule has 7 heteroatoms. The molecule has 0 aliphatic carbocycles. The Balaban J connectivity index is 2.08. The number of aliphatic hydroxyl groups excluding tert-OH is 1. The lowest BCUT2D eigenvalue weighted by Crippen LogP contribution is -2.35. The van der Waals surface area contributed by atoms with Crippen LogP contribution in [0.1, 0.15) is 36.9 Å². The molecule has 1 amide bonds. The number of likely N-dealkylation sites (tertiary alicyclic amines) is 1. The Kier molecular flexibility index (Phi) is 8.11. The van der Waals surface area contributed by atoms with Gasteiger partial charge < -0.3 is 24.4 Å². The van der Waals surface area contributed by atoms with Gasteiger partial charge >= 0.3 is 0 Å². The minimum atomic E-state index is -0.718. The zero-order valence-corrected chi connectivity index (χ0v) is 19.7. The fourth-order valence-corrected chi connectivity index (χ4v) is 3.80. The first-order valence-corrected chi connectivity index (χ1v) is 11.2. The third-order valence-corrected chi connectivity index (χ3v) is 5.61. The van der Waals surface area contributed by atoms with E-state index in [4.69, 9.17) is 9.47 Å². The second-order valence-electron chi connectivity index (χ2n) is 8.30. The fraction of sp³-hybridized carbons (Fsp3) is 0.385. The maximum Gasteiger partial charge on any atom is 0.295 e. The number of ketones is 1. The molecule has 1 N–H and O–H groups in total. The minimum Gasteiger partial charge on any atom is -0.507 e. The van der Waals surface area contributed by atoms with Gasteiger partial charge in [0.1, 0.15) is 17.3 Å². The van der Waals surface area contributed by atoms with Gasteiger partial charge in [-0.25, -0.2) is 0 Å². The molecular weight excluding hydrogens is 420 g/mol. The molecule has 2 aromatic rings. The summed E-state index contributed by atoms with van der Waals surface area (Å²) < 4.78 is 11.1. The second kappa shape index (κ2) is 11.0. The lowest BCUT2D eigenvalue weighted by molar-refractivity contribution is -0.140. The summed E-state index contributed by atoms with van der Waals surface area (Å²) in [6.45, 7) is 3.57. The number of hydrogen-bond donors (Lipinski definition) is 1. The number of benzene rings is 2. The summed E-state index contributed by atoms with van der Waals surface area (Å²) >= 11 is 0. The monoisotopic (exact) mass is 452 g/mol. The standard InChI is InChI=1S/C26H32N2O5/c1-5-6-15-33-21-12-8-10-19(17-21)24(29)22-23(18-9-7-11-20(16-18)32-4)28(14-13-27(2)3)26(31)25(22)30/h7-12,16-17,23,29H,5-6,13-15H2,1-4H3. The Labute approximate surface area is 195 Å². The molecule has 0 spiro atoms. The SMILES string of the molecule is CCCCOc1cccc(C(O)=C2C(=O)C(=O)N(CCN(C)C)C2c2cccc(OC)c2)c1. The lowest BCUT2D eigenvalue weighted by Gasteiger charge is -2.26. The Morgan fingerprint density at radius 3 is 2.52 bits per heavy atom. The van der Waals surface area contributed by atoms with Gasteiger partial charge in [-0.3, -0.25) is 9.59 Å². The maximum absolute atomic E-state index is 13.1. The van der Waals surface area contributed by atoms with Gasteiger partial charge in [-0.2, -0.15) is 0 Å². The van der Waals surface area contributed by atoms with E-state index in [9.17, 15) is 14.7 Å². The fourth-order valence-electron chi connectivity index (χ4n) is 3.80. The van der Waals surface area contributed by atoms with Crippen molar-refractivity contribution in [2.24, 2.45) is 0 Å². The molecule has 1 fully saturated rings. The van der Waals surface area contributed by atoms with Crippen molar-refractivity contribution in [3.8, 4) is 11.5 Å². The number of hydrogen-bond acceptors (Lipinski definition) is 6. The van der Waals surface area contributed by atoms with Gasteiger partial charge in [0.15, 0.2) is 0 Å². The molecule has 1 saturated heterocycles. The average Bonchev–Trinajstić information content (AvgIpc) is 3.07. The summed E-state index contributed by atoms with van der Waals surface area (Å²) in [5.74, 6) is -0.322. The average molecular weight is 453 g/mol. The second-order valence-corrected chi connectivity index (χ2v) is 8.30. The van der Waals surface area contributed by atoms with Crippen LogP contribution in [0.2, 0.25) is 0 Å². The number of Topliss-reactive ketones (excluding diaryl/α,β-unsaturated/α-hetero) is 1. The Bertz CT molecular complexity index is 1030. The van der Waals surface area contributed by atoms with E-state index < -0.39 is 17.7 Å². The van der Waals surface area contributed by atoms with Gasteiger partial charge in [-0.05, 0) is 50.3 Å². The van der Waals surface area contributed by atoms with E-state index in [-0.39, 0.29) is 11.3 Å². The van der Waals surface area contributed by atoms with Crippen molar-refractivity contribution in [1.29, 1.82) is 0 Å². The van der Waals surface area contributed by atoms with E-state index in [1.807, 2.05) is 37.2 Å². The zero-order chi connectivity index (χ0) is 24.0. The number of nitrogens with zero attached hydrogens (tertiary/aromatic N) is 2. The Morgan fingerprint density at radius 1 is 1.09 bits per heavy atom. The molecule has 1 unspecified atom stereocenters. The van der Waals surface area contributed by atoms with Crippen molar-refractivity contribution in [3.05, 3.63) is 65.2 Å². The lowest BCUT2D eigenvalue weighted by atomic mass is 9.95. The van der Waals surface area contributed by atoms with Crippen molar-refractivity contribution < 1.29 is 24.2 Å². The molecule has 1 aliphatic heterocycles. The van der Waals surface area contributed by atoms with E-state index in [1.54, 1.807) is 37.4 Å². The van der Waals surface area contributed by atoms with Crippen molar-refractivity contribution in [2.45, 2.75) is 25.8 Å². The van der Waals surface area contributed by atoms with Gasteiger partial charge in [0.25, 0.3) is 11.7 Å². The van der Waals surface area contributed by atoms with Crippen molar-refractivity contribution >= 4 is 17.4 Å². The number of carbonyl (C=O) groups is 2. The summed E-state index contributed by atoms with van der Waals surface area (Å²) in [5, 5.41) is 11.2. The van der Waals surface area contributed by atoms with Gasteiger partial charge in [-0.15, -0.1) is 0 Å². The Hall–Kier alpha value is -3.32. The summed E-state index contributed by atoms with van der Waals surface area (Å²) in [6.07, 6.45) is 1.93. The third kappa shape index (κ3) is 5.54. The molecule has 1 heterocycles. The summed E-state index contributed by atoms with van der Waals surface area (Å²) in [7, 11) is 5.37. The van der Waals surface area contributed by atoms with Crippen molar-refractivity contribution in [2.75, 3.05) is 40.9 Å². The predicted molar refractivity (Wildman–Crippen MR) is 127 cm³/mol. The number of carbonyl (C=O) groups excluding carboxylic acids is 2. The molecule has 0 bridgehead atoms. The number of aliphatic hydroxyl groups is 1. The minimum absolute atomic E-state index is 0.0673. The molecular formula is C26H32N2O5. The Morgan fingerprint density at radius 2 is 1.82 bits per heavy atom. The van der Waals surface area contributed by atoms with E-state index in [0.29, 0.717) is 42.3 Å². The predicted octanol–water partition coefficient (Wildman–Crippen LogP) is 3.86. The third-order valence-electron chi connectivity index (χ3n) is 5.61. The van der Waals surface area contributed by atoms with Crippen LogP contribution < -0.4 is 9.47 Å². The number of methoxy groups -OCH3 is 1. The van der Waals surface area contributed by atoms with Gasteiger partial charge in [0, 0.05) is 18.7 Å². The highest BCUT2D eigenvalue weighted by molar-refractivity contribution is 6.46. The van der Waals surface area contributed by atoms with Crippen LogP contribution in [0, 0.1) is 0 Å². The van der Waals surface area contributed by atoms with E-state index in [0.717, 1.165) is 12.8 Å². The first kappa shape index (κ1) is 24.3. The van der Waals surface area contributed by atoms with Crippen molar-refractivity contribution in [3.63, 3.8) is 0 Å². The summed E-state index contributed by atoms with van der Waals surface area (Å²) in [5.41, 5.74) is 1.20. The van der Waals surface area contributed by atoms with E-state index in [1.165, 1.54) is 4.90 Å². The van der Waals surface area contributed by atoms with Crippen LogP contribution in [0.3, 0.4) is 0 Å². The van der Waals surface area contributed by atoms with Gasteiger partial charge in [0.2, 0.25) is 0 Å². The molecule has 33 heavy (non-hydrogen) atoms.